The molecule has 2 aromatic rings. The average Bonchev–Trinajstić information content (AvgIpc) is 2.74. The van der Waals surface area contributed by atoms with Crippen LogP contribution in [0, 0.1) is 5.92 Å². The van der Waals surface area contributed by atoms with Gasteiger partial charge in [-0.15, -0.1) is 0 Å². The minimum atomic E-state index is -1.32. The highest BCUT2D eigenvalue weighted by Crippen LogP contribution is 2.35. The number of benzene rings is 2. The number of aliphatic hydroxyl groups is 2. The van der Waals surface area contributed by atoms with Crippen molar-refractivity contribution in [3.63, 3.8) is 0 Å². The predicted molar refractivity (Wildman–Crippen MR) is 108 cm³/mol. The lowest BCUT2D eigenvalue weighted by molar-refractivity contribution is -0.287. The summed E-state index contributed by atoms with van der Waals surface area (Å²) in [5.41, 5.74) is 0.740. The normalized spacial score (nSPS) is 27.0. The van der Waals surface area contributed by atoms with E-state index in [-0.39, 0.29) is 6.61 Å². The first-order valence-electron chi connectivity index (χ1n) is 9.89. The molecule has 1 saturated heterocycles. The maximum atomic E-state index is 10.9. The maximum Gasteiger partial charge on any atom is 0.163 e. The van der Waals surface area contributed by atoms with E-state index < -0.39 is 23.9 Å². The molecule has 0 spiro atoms. The Morgan fingerprint density at radius 2 is 1.72 bits per heavy atom. The minimum absolute atomic E-state index is 0.0294. The molecule has 1 heterocycles. The van der Waals surface area contributed by atoms with E-state index in [0.29, 0.717) is 26.2 Å². The monoisotopic (exact) mass is 402 g/mol. The Hall–Kier alpha value is -1.96. The second-order valence-electron chi connectivity index (χ2n) is 7.54. The van der Waals surface area contributed by atoms with Crippen LogP contribution in [0.2, 0.25) is 0 Å². The summed E-state index contributed by atoms with van der Waals surface area (Å²) < 4.78 is 22.6. The van der Waals surface area contributed by atoms with E-state index >= 15 is 0 Å². The lowest BCUT2D eigenvalue weighted by Crippen LogP contribution is -2.58. The highest BCUT2D eigenvalue weighted by molar-refractivity contribution is 5.26. The Labute approximate surface area is 172 Å². The van der Waals surface area contributed by atoms with Gasteiger partial charge in [-0.2, -0.15) is 0 Å². The van der Waals surface area contributed by atoms with E-state index in [9.17, 15) is 10.2 Å². The molecule has 6 heteroatoms. The number of aliphatic hydroxyl groups excluding tert-OH is 1. The molecule has 158 valence electrons. The smallest absolute Gasteiger partial charge is 0.163 e. The van der Waals surface area contributed by atoms with E-state index in [2.05, 4.69) is 0 Å². The van der Waals surface area contributed by atoms with Crippen LogP contribution in [0.3, 0.4) is 0 Å². The molecule has 0 amide bonds. The second kappa shape index (κ2) is 10.2. The minimum Gasteiger partial charge on any atom is -0.497 e. The molecular weight excluding hydrogens is 372 g/mol. The molecule has 2 N–H and O–H groups in total. The zero-order valence-corrected chi connectivity index (χ0v) is 17.0. The van der Waals surface area contributed by atoms with Crippen molar-refractivity contribution in [2.24, 2.45) is 5.92 Å². The average molecular weight is 402 g/mol. The van der Waals surface area contributed by atoms with Gasteiger partial charge in [0.15, 0.2) is 6.29 Å². The van der Waals surface area contributed by atoms with Crippen LogP contribution in [0.25, 0.3) is 0 Å². The third-order valence-electron chi connectivity index (χ3n) is 5.43. The van der Waals surface area contributed by atoms with Gasteiger partial charge in [0.2, 0.25) is 0 Å². The fourth-order valence-corrected chi connectivity index (χ4v) is 3.46. The van der Waals surface area contributed by atoms with Gasteiger partial charge < -0.3 is 29.2 Å². The van der Waals surface area contributed by atoms with Gasteiger partial charge in [0.1, 0.15) is 11.9 Å². The molecule has 0 aromatic heterocycles. The number of hydrogen-bond acceptors (Lipinski definition) is 6. The molecule has 2 aromatic carbocycles. The topological polar surface area (TPSA) is 77.4 Å². The summed E-state index contributed by atoms with van der Waals surface area (Å²) in [6.45, 7) is 2.92. The first-order valence-corrected chi connectivity index (χ1v) is 9.89. The van der Waals surface area contributed by atoms with Crippen LogP contribution >= 0.6 is 0 Å². The van der Waals surface area contributed by atoms with Gasteiger partial charge >= 0.3 is 0 Å². The summed E-state index contributed by atoms with van der Waals surface area (Å²) in [5, 5.41) is 21.1. The van der Waals surface area contributed by atoms with E-state index in [0.717, 1.165) is 16.9 Å². The molecule has 1 fully saturated rings. The quantitative estimate of drug-likeness (QED) is 0.628. The van der Waals surface area contributed by atoms with Crippen LogP contribution < -0.4 is 4.74 Å². The fraction of sp³-hybridized carbons (Fsp3) is 0.478. The summed E-state index contributed by atoms with van der Waals surface area (Å²) in [6.07, 6.45) is -1.09. The third-order valence-corrected chi connectivity index (χ3v) is 5.43. The van der Waals surface area contributed by atoms with Gasteiger partial charge in [-0.3, -0.25) is 0 Å². The standard InChI is InChI=1S/C23H30O6/c1-23(25)20(12-13-27-14-17-6-4-3-5-7-17)22(29-16-21(23)24)28-15-18-8-10-19(26-2)11-9-18/h3-11,20-22,24-25H,12-16H2,1-2H3/t20-,21+,22+,23-/m0/s1. The van der Waals surface area contributed by atoms with Crippen molar-refractivity contribution >= 4 is 0 Å². The van der Waals surface area contributed by atoms with Crippen LogP contribution in [0.4, 0.5) is 0 Å². The van der Waals surface area contributed by atoms with Crippen molar-refractivity contribution in [3.05, 3.63) is 65.7 Å². The molecule has 29 heavy (non-hydrogen) atoms. The molecular formula is C23H30O6. The predicted octanol–water partition coefficient (Wildman–Crippen LogP) is 2.90. The molecule has 1 aliphatic rings. The van der Waals surface area contributed by atoms with Crippen molar-refractivity contribution in [2.75, 3.05) is 20.3 Å². The van der Waals surface area contributed by atoms with Gasteiger partial charge in [-0.1, -0.05) is 42.5 Å². The highest BCUT2D eigenvalue weighted by Gasteiger charge is 2.48. The first kappa shape index (κ1) is 21.7. The van der Waals surface area contributed by atoms with Crippen LogP contribution in [0.1, 0.15) is 24.5 Å². The van der Waals surface area contributed by atoms with E-state index in [1.165, 1.54) is 0 Å². The molecule has 0 radical (unpaired) electrons. The summed E-state index contributed by atoms with van der Waals surface area (Å²) in [4.78, 5) is 0. The largest absolute Gasteiger partial charge is 0.497 e. The molecule has 1 aliphatic heterocycles. The van der Waals surface area contributed by atoms with Gasteiger partial charge in [0, 0.05) is 12.5 Å². The Bertz CT molecular complexity index is 731. The Kier molecular flexibility index (Phi) is 7.64. The summed E-state index contributed by atoms with van der Waals surface area (Å²) in [6, 6.07) is 17.5. The van der Waals surface area contributed by atoms with E-state index in [1.807, 2.05) is 54.6 Å². The third kappa shape index (κ3) is 5.78. The van der Waals surface area contributed by atoms with Gasteiger partial charge in [0.25, 0.3) is 0 Å². The first-order chi connectivity index (χ1) is 14.0. The summed E-state index contributed by atoms with van der Waals surface area (Å²) in [5.74, 6) is 0.363. The summed E-state index contributed by atoms with van der Waals surface area (Å²) >= 11 is 0. The zero-order valence-electron chi connectivity index (χ0n) is 17.0. The Morgan fingerprint density at radius 1 is 1.03 bits per heavy atom. The van der Waals surface area contributed by atoms with Gasteiger partial charge in [-0.25, -0.2) is 0 Å². The van der Waals surface area contributed by atoms with Crippen molar-refractivity contribution in [3.8, 4) is 5.75 Å². The second-order valence-corrected chi connectivity index (χ2v) is 7.54. The molecule has 0 unspecified atom stereocenters. The molecule has 6 nitrogen and oxygen atoms in total. The molecule has 4 atom stereocenters. The molecule has 0 aliphatic carbocycles. The Morgan fingerprint density at radius 3 is 2.41 bits per heavy atom. The SMILES string of the molecule is COc1ccc(CO[C@@H]2OC[C@@H](O)[C@@](C)(O)[C@H]2CCOCc2ccccc2)cc1. The van der Waals surface area contributed by atoms with Gasteiger partial charge in [0.05, 0.1) is 32.5 Å². The van der Waals surface area contributed by atoms with Crippen LogP contribution in [-0.2, 0) is 27.4 Å². The lowest BCUT2D eigenvalue weighted by atomic mass is 9.80. The summed E-state index contributed by atoms with van der Waals surface area (Å²) in [7, 11) is 1.62. The fourth-order valence-electron chi connectivity index (χ4n) is 3.46. The molecule has 3 rings (SSSR count). The van der Waals surface area contributed by atoms with Crippen molar-refractivity contribution in [1.82, 2.24) is 0 Å². The number of methoxy groups -OCH3 is 1. The van der Waals surface area contributed by atoms with E-state index in [1.54, 1.807) is 14.0 Å². The number of hydrogen-bond donors (Lipinski definition) is 2. The number of ether oxygens (including phenoxy) is 4. The van der Waals surface area contributed by atoms with E-state index in [4.69, 9.17) is 18.9 Å². The zero-order chi connectivity index (χ0) is 20.7. The van der Waals surface area contributed by atoms with Crippen molar-refractivity contribution < 1.29 is 29.2 Å². The maximum absolute atomic E-state index is 10.9. The van der Waals surface area contributed by atoms with Crippen LogP contribution in [-0.4, -0.2) is 48.5 Å². The number of rotatable bonds is 9. The van der Waals surface area contributed by atoms with Gasteiger partial charge in [-0.05, 0) is 36.6 Å². The van der Waals surface area contributed by atoms with Crippen molar-refractivity contribution in [2.45, 2.75) is 44.6 Å². The van der Waals surface area contributed by atoms with Crippen molar-refractivity contribution in [1.29, 1.82) is 0 Å². The highest BCUT2D eigenvalue weighted by atomic mass is 16.7. The lowest BCUT2D eigenvalue weighted by Gasteiger charge is -2.45. The molecule has 0 bridgehead atoms. The van der Waals surface area contributed by atoms with Crippen LogP contribution in [0.15, 0.2) is 54.6 Å². The Balaban J connectivity index is 1.56. The molecule has 0 saturated carbocycles. The van der Waals surface area contributed by atoms with Crippen LogP contribution in [0.5, 0.6) is 5.75 Å².